The highest BCUT2D eigenvalue weighted by molar-refractivity contribution is 8.05. The fraction of sp³-hybridized carbons (Fsp3) is 0.308. The van der Waals surface area contributed by atoms with E-state index < -0.39 is 0 Å². The molecule has 17 heavy (non-hydrogen) atoms. The highest BCUT2D eigenvalue weighted by Gasteiger charge is 2.21. The van der Waals surface area contributed by atoms with Crippen molar-refractivity contribution in [1.29, 1.82) is 0 Å². The largest absolute Gasteiger partial charge is 0.383 e. The van der Waals surface area contributed by atoms with Crippen LogP contribution in [0, 0.1) is 5.88 Å². The van der Waals surface area contributed by atoms with E-state index in [0.29, 0.717) is 0 Å². The second-order valence-electron chi connectivity index (χ2n) is 3.82. The van der Waals surface area contributed by atoms with Crippen LogP contribution < -0.4 is 0 Å². The number of allylic oxidation sites excluding steroid dienone is 1. The van der Waals surface area contributed by atoms with Gasteiger partial charge in [-0.25, -0.2) is 0 Å². The van der Waals surface area contributed by atoms with Gasteiger partial charge in [0.15, 0.2) is 0 Å². The van der Waals surface area contributed by atoms with Gasteiger partial charge in [-0.3, -0.25) is 0 Å². The summed E-state index contributed by atoms with van der Waals surface area (Å²) >= 11 is 7.67. The molecule has 1 heterocycles. The molecule has 4 heteroatoms. The first-order chi connectivity index (χ1) is 8.22. The van der Waals surface area contributed by atoms with Crippen LogP contribution in [0.25, 0.3) is 5.70 Å². The Morgan fingerprint density at radius 2 is 2.00 bits per heavy atom. The van der Waals surface area contributed by atoms with E-state index in [0.717, 1.165) is 18.2 Å². The van der Waals surface area contributed by atoms with E-state index in [1.807, 2.05) is 12.1 Å². The SMILES string of the molecule is COCCN1[CH]SC(C)=C1c1ccc(Cl)cc1. The molecule has 0 unspecified atom stereocenters. The summed E-state index contributed by atoms with van der Waals surface area (Å²) in [5.74, 6) is 2.14. The normalized spacial score (nSPS) is 15.8. The monoisotopic (exact) mass is 268 g/mol. The van der Waals surface area contributed by atoms with Crippen molar-refractivity contribution < 1.29 is 4.74 Å². The summed E-state index contributed by atoms with van der Waals surface area (Å²) in [7, 11) is 1.72. The first kappa shape index (κ1) is 12.8. The average molecular weight is 269 g/mol. The standard InChI is InChI=1S/C13H15ClNOS/c1-10-13(11-3-5-12(14)6-4-11)15(9-17-10)7-8-16-2/h3-6,9H,7-8H2,1-2H3. The van der Waals surface area contributed by atoms with Crippen molar-refractivity contribution in [2.24, 2.45) is 0 Å². The summed E-state index contributed by atoms with van der Waals surface area (Å²) in [5.41, 5.74) is 2.45. The third-order valence-corrected chi connectivity index (χ3v) is 3.79. The van der Waals surface area contributed by atoms with E-state index in [9.17, 15) is 0 Å². The second-order valence-corrected chi connectivity index (χ2v) is 5.32. The van der Waals surface area contributed by atoms with Crippen molar-refractivity contribution in [2.45, 2.75) is 6.92 Å². The van der Waals surface area contributed by atoms with Gasteiger partial charge < -0.3 is 9.64 Å². The van der Waals surface area contributed by atoms with Crippen LogP contribution in [-0.4, -0.2) is 25.2 Å². The molecule has 0 atom stereocenters. The number of thioether (sulfide) groups is 1. The molecule has 1 aliphatic heterocycles. The molecule has 1 radical (unpaired) electrons. The lowest BCUT2D eigenvalue weighted by Crippen LogP contribution is -2.20. The Morgan fingerprint density at radius 3 is 2.65 bits per heavy atom. The Hall–Kier alpha value is -0.640. The van der Waals surface area contributed by atoms with Gasteiger partial charge in [-0.1, -0.05) is 23.7 Å². The summed E-state index contributed by atoms with van der Waals surface area (Å²) in [6.45, 7) is 3.73. The fourth-order valence-electron chi connectivity index (χ4n) is 1.78. The Kier molecular flexibility index (Phi) is 4.37. The molecule has 0 bridgehead atoms. The van der Waals surface area contributed by atoms with Crippen molar-refractivity contribution in [2.75, 3.05) is 20.3 Å². The summed E-state index contributed by atoms with van der Waals surface area (Å²) in [4.78, 5) is 3.54. The molecule has 1 aromatic carbocycles. The van der Waals surface area contributed by atoms with Gasteiger partial charge in [-0.2, -0.15) is 0 Å². The molecule has 0 spiro atoms. The number of hydrogen-bond acceptors (Lipinski definition) is 3. The van der Waals surface area contributed by atoms with Crippen LogP contribution >= 0.6 is 23.4 Å². The summed E-state index contributed by atoms with van der Waals surface area (Å²) in [6.07, 6.45) is 0. The lowest BCUT2D eigenvalue weighted by Gasteiger charge is -2.21. The average Bonchev–Trinajstić information content (AvgIpc) is 2.69. The molecule has 1 aromatic rings. The predicted molar refractivity (Wildman–Crippen MR) is 74.5 cm³/mol. The summed E-state index contributed by atoms with van der Waals surface area (Å²) in [5, 5.41) is 0.769. The summed E-state index contributed by atoms with van der Waals surface area (Å²) in [6, 6.07) is 7.96. The Bertz CT molecular complexity index is 416. The Morgan fingerprint density at radius 1 is 1.29 bits per heavy atom. The zero-order valence-electron chi connectivity index (χ0n) is 9.94. The predicted octanol–water partition coefficient (Wildman–Crippen LogP) is 3.84. The zero-order chi connectivity index (χ0) is 12.3. The molecule has 91 valence electrons. The number of rotatable bonds is 4. The van der Waals surface area contributed by atoms with Gasteiger partial charge in [-0.15, -0.1) is 11.8 Å². The molecular weight excluding hydrogens is 254 g/mol. The highest BCUT2D eigenvalue weighted by atomic mass is 35.5. The lowest BCUT2D eigenvalue weighted by atomic mass is 10.1. The number of halogens is 1. The van der Waals surface area contributed by atoms with Gasteiger partial charge in [-0.05, 0) is 24.6 Å². The number of hydrogen-bond donors (Lipinski definition) is 0. The van der Waals surface area contributed by atoms with Gasteiger partial charge in [0.05, 0.1) is 12.3 Å². The molecule has 1 aliphatic rings. The lowest BCUT2D eigenvalue weighted by molar-refractivity contribution is 0.183. The van der Waals surface area contributed by atoms with Gasteiger partial charge in [0, 0.05) is 23.6 Å². The molecule has 2 rings (SSSR count). The van der Waals surface area contributed by atoms with Crippen LogP contribution in [-0.2, 0) is 4.74 Å². The van der Waals surface area contributed by atoms with Gasteiger partial charge in [0.1, 0.15) is 5.88 Å². The first-order valence-electron chi connectivity index (χ1n) is 5.45. The third-order valence-electron chi connectivity index (χ3n) is 2.63. The maximum absolute atomic E-state index is 5.91. The minimum absolute atomic E-state index is 0.724. The van der Waals surface area contributed by atoms with E-state index in [4.69, 9.17) is 16.3 Å². The van der Waals surface area contributed by atoms with Crippen LogP contribution in [0.1, 0.15) is 12.5 Å². The third kappa shape index (κ3) is 2.97. The number of nitrogens with zero attached hydrogens (tertiary/aromatic N) is 1. The highest BCUT2D eigenvalue weighted by Crippen LogP contribution is 2.40. The van der Waals surface area contributed by atoms with Crippen LogP contribution in [0.5, 0.6) is 0 Å². The van der Waals surface area contributed by atoms with Crippen molar-refractivity contribution >= 4 is 29.1 Å². The maximum atomic E-state index is 5.91. The number of benzene rings is 1. The second kappa shape index (κ2) is 5.80. The van der Waals surface area contributed by atoms with Crippen molar-refractivity contribution in [1.82, 2.24) is 4.90 Å². The topological polar surface area (TPSA) is 12.5 Å². The first-order valence-corrected chi connectivity index (χ1v) is 6.70. The van der Waals surface area contributed by atoms with Crippen LogP contribution in [0.15, 0.2) is 29.2 Å². The molecule has 0 aromatic heterocycles. The Balaban J connectivity index is 2.21. The maximum Gasteiger partial charge on any atom is 0.110 e. The van der Waals surface area contributed by atoms with Gasteiger partial charge >= 0.3 is 0 Å². The minimum atomic E-state index is 0.724. The zero-order valence-corrected chi connectivity index (χ0v) is 11.5. The van der Waals surface area contributed by atoms with E-state index >= 15 is 0 Å². The smallest absolute Gasteiger partial charge is 0.110 e. The summed E-state index contributed by atoms with van der Waals surface area (Å²) < 4.78 is 5.13. The van der Waals surface area contributed by atoms with Gasteiger partial charge in [0.25, 0.3) is 0 Å². The molecule has 0 N–H and O–H groups in total. The van der Waals surface area contributed by atoms with E-state index in [1.165, 1.54) is 16.2 Å². The fourth-order valence-corrected chi connectivity index (χ4v) is 2.75. The van der Waals surface area contributed by atoms with Crippen molar-refractivity contribution in [3.63, 3.8) is 0 Å². The molecule has 0 saturated heterocycles. The molecule has 0 amide bonds. The van der Waals surface area contributed by atoms with E-state index in [-0.39, 0.29) is 0 Å². The van der Waals surface area contributed by atoms with E-state index in [1.54, 1.807) is 18.9 Å². The molecule has 2 nitrogen and oxygen atoms in total. The molecule has 0 aliphatic carbocycles. The van der Waals surface area contributed by atoms with Crippen LogP contribution in [0.3, 0.4) is 0 Å². The minimum Gasteiger partial charge on any atom is -0.383 e. The van der Waals surface area contributed by atoms with E-state index in [2.05, 4.69) is 29.8 Å². The molecule has 0 fully saturated rings. The molecule has 0 saturated carbocycles. The number of methoxy groups -OCH3 is 1. The Labute approximate surface area is 112 Å². The van der Waals surface area contributed by atoms with Gasteiger partial charge in [0.2, 0.25) is 0 Å². The van der Waals surface area contributed by atoms with Crippen LogP contribution in [0.2, 0.25) is 5.02 Å². The number of ether oxygens (including phenoxy) is 1. The van der Waals surface area contributed by atoms with Crippen LogP contribution in [0.4, 0.5) is 0 Å². The van der Waals surface area contributed by atoms with Crippen molar-refractivity contribution in [3.8, 4) is 0 Å². The quantitative estimate of drug-likeness (QED) is 0.823. The van der Waals surface area contributed by atoms with Crippen molar-refractivity contribution in [3.05, 3.63) is 45.6 Å². The molecular formula is C13H15ClNOS.